The topological polar surface area (TPSA) is 383 Å². The normalized spacial score (nSPS) is 15.4. The second-order valence-electron chi connectivity index (χ2n) is 19.1. The van der Waals surface area contributed by atoms with E-state index in [0.29, 0.717) is 16.5 Å². The first-order chi connectivity index (χ1) is 32.6. The van der Waals surface area contributed by atoms with Crippen molar-refractivity contribution in [2.24, 2.45) is 35.1 Å². The number of benzene rings is 1. The number of carboxylic acids is 2. The van der Waals surface area contributed by atoms with Crippen LogP contribution in [0.4, 0.5) is 0 Å². The fraction of sp³-hybridized carbons (Fsp3) is 0.617. The summed E-state index contributed by atoms with van der Waals surface area (Å²) in [5.74, 6) is -11.1. The molecule has 1 aromatic carbocycles. The van der Waals surface area contributed by atoms with Crippen LogP contribution in [0.25, 0.3) is 10.9 Å². The van der Waals surface area contributed by atoms with Gasteiger partial charge in [0.25, 0.3) is 0 Å². The molecule has 9 atom stereocenters. The highest BCUT2D eigenvalue weighted by Gasteiger charge is 2.37. The number of H-pyrrole nitrogens is 1. The number of hydrogen-bond donors (Lipinski definition) is 13. The molecule has 1 aromatic heterocycles. The Labute approximate surface area is 407 Å². The number of fused-ring (bicyclic) bond motifs is 1. The summed E-state index contributed by atoms with van der Waals surface area (Å²) in [5.41, 5.74) is 12.6. The predicted octanol–water partition coefficient (Wildman–Crippen LogP) is -0.569. The molecule has 2 rings (SSSR count). The van der Waals surface area contributed by atoms with E-state index in [-0.39, 0.29) is 43.4 Å². The molecule has 2 aromatic rings. The number of aromatic amines is 1. The molecular weight excluding hydrogens is 913 g/mol. The van der Waals surface area contributed by atoms with Gasteiger partial charge in [-0.1, -0.05) is 73.6 Å². The number of carbonyl (C=O) groups excluding carboxylic acids is 8. The van der Waals surface area contributed by atoms with E-state index in [1.54, 1.807) is 85.9 Å². The molecule has 0 aliphatic rings. The Kier molecular flexibility index (Phi) is 23.9. The van der Waals surface area contributed by atoms with Gasteiger partial charge in [-0.2, -0.15) is 0 Å². The molecule has 1 heterocycles. The summed E-state index contributed by atoms with van der Waals surface area (Å²) in [5, 5.41) is 48.1. The predicted molar refractivity (Wildman–Crippen MR) is 257 cm³/mol. The molecule has 15 N–H and O–H groups in total. The van der Waals surface area contributed by atoms with Gasteiger partial charge in [0, 0.05) is 36.4 Å². The maximum absolute atomic E-state index is 14.3. The molecule has 0 spiro atoms. The van der Waals surface area contributed by atoms with Crippen LogP contribution in [0.2, 0.25) is 0 Å². The van der Waals surface area contributed by atoms with Crippen LogP contribution in [-0.4, -0.2) is 134 Å². The lowest BCUT2D eigenvalue weighted by atomic mass is 9.99. The van der Waals surface area contributed by atoms with Gasteiger partial charge >= 0.3 is 11.9 Å². The second-order valence-corrected chi connectivity index (χ2v) is 19.1. The maximum atomic E-state index is 14.3. The highest BCUT2D eigenvalue weighted by molar-refractivity contribution is 5.98. The number of para-hydroxylation sites is 1. The number of aromatic nitrogens is 1. The molecule has 0 aliphatic heterocycles. The highest BCUT2D eigenvalue weighted by Crippen LogP contribution is 2.20. The number of primary amides is 1. The average Bonchev–Trinajstić information content (AvgIpc) is 3.67. The van der Waals surface area contributed by atoms with Gasteiger partial charge in [-0.05, 0) is 67.9 Å². The Morgan fingerprint density at radius 3 is 1.46 bits per heavy atom. The van der Waals surface area contributed by atoms with Crippen LogP contribution in [0.5, 0.6) is 0 Å². The van der Waals surface area contributed by atoms with Crippen molar-refractivity contribution in [3.8, 4) is 0 Å². The summed E-state index contributed by atoms with van der Waals surface area (Å²) >= 11 is 0. The first-order valence-electron chi connectivity index (χ1n) is 23.5. The Balaban J connectivity index is 2.52. The first-order valence-corrected chi connectivity index (χ1v) is 23.5. The zero-order valence-corrected chi connectivity index (χ0v) is 41.4. The quantitative estimate of drug-likeness (QED) is 0.0467. The summed E-state index contributed by atoms with van der Waals surface area (Å²) in [6, 6.07) is -4.20. The van der Waals surface area contributed by atoms with Crippen molar-refractivity contribution >= 4 is 70.1 Å². The van der Waals surface area contributed by atoms with Crippen molar-refractivity contribution in [2.75, 3.05) is 0 Å². The molecule has 390 valence electrons. The van der Waals surface area contributed by atoms with Crippen LogP contribution in [0.15, 0.2) is 30.5 Å². The van der Waals surface area contributed by atoms with Crippen LogP contribution in [0.3, 0.4) is 0 Å². The zero-order valence-electron chi connectivity index (χ0n) is 41.4. The molecule has 23 nitrogen and oxygen atoms in total. The Bertz CT molecular complexity index is 2160. The smallest absolute Gasteiger partial charge is 0.326 e. The molecule has 0 fully saturated rings. The van der Waals surface area contributed by atoms with E-state index in [1.165, 1.54) is 6.92 Å². The summed E-state index contributed by atoms with van der Waals surface area (Å²) in [6.45, 7) is 14.8. The van der Waals surface area contributed by atoms with E-state index in [4.69, 9.17) is 11.5 Å². The molecule has 0 radical (unpaired) electrons. The van der Waals surface area contributed by atoms with Crippen molar-refractivity contribution in [2.45, 2.75) is 162 Å². The lowest BCUT2D eigenvalue weighted by Gasteiger charge is -2.29. The number of amides is 8. The Hall–Kier alpha value is -6.62. The van der Waals surface area contributed by atoms with Gasteiger partial charge in [-0.15, -0.1) is 0 Å². The summed E-state index contributed by atoms with van der Waals surface area (Å²) in [6.07, 6.45) is -1.96. The number of carbonyl (C=O) groups is 10. The number of rotatable bonds is 30. The first kappa shape index (κ1) is 59.5. The Morgan fingerprint density at radius 2 is 1.00 bits per heavy atom. The zero-order chi connectivity index (χ0) is 53.2. The molecule has 0 saturated carbocycles. The van der Waals surface area contributed by atoms with E-state index in [2.05, 4.69) is 42.2 Å². The fourth-order valence-corrected chi connectivity index (χ4v) is 7.30. The third kappa shape index (κ3) is 19.4. The van der Waals surface area contributed by atoms with Gasteiger partial charge in [0.1, 0.15) is 42.3 Å². The van der Waals surface area contributed by atoms with Crippen molar-refractivity contribution < 1.29 is 63.3 Å². The minimum absolute atomic E-state index is 0.0518. The van der Waals surface area contributed by atoms with E-state index in [0.717, 1.165) is 0 Å². The number of aliphatic carboxylic acids is 2. The summed E-state index contributed by atoms with van der Waals surface area (Å²) < 4.78 is 0. The lowest BCUT2D eigenvalue weighted by molar-refractivity contribution is -0.144. The third-order valence-electron chi connectivity index (χ3n) is 11.3. The van der Waals surface area contributed by atoms with E-state index >= 15 is 0 Å². The molecule has 23 heteroatoms. The van der Waals surface area contributed by atoms with Gasteiger partial charge in [-0.25, -0.2) is 4.79 Å². The second kappa shape index (κ2) is 28.1. The van der Waals surface area contributed by atoms with Crippen LogP contribution in [0, 0.1) is 23.7 Å². The molecule has 0 unspecified atom stereocenters. The van der Waals surface area contributed by atoms with Crippen LogP contribution in [-0.2, 0) is 54.4 Å². The number of aliphatic hydroxyl groups is 1. The van der Waals surface area contributed by atoms with Gasteiger partial charge in [0.05, 0.1) is 12.1 Å². The maximum Gasteiger partial charge on any atom is 0.326 e. The number of nitrogens with two attached hydrogens (primary N) is 2. The highest BCUT2D eigenvalue weighted by atomic mass is 16.4. The van der Waals surface area contributed by atoms with Crippen molar-refractivity contribution in [1.29, 1.82) is 0 Å². The van der Waals surface area contributed by atoms with Crippen LogP contribution < -0.4 is 48.7 Å². The summed E-state index contributed by atoms with van der Waals surface area (Å²) in [4.78, 5) is 135. The van der Waals surface area contributed by atoms with E-state index < -0.39 is 139 Å². The monoisotopic (exact) mass is 987 g/mol. The molecule has 0 aliphatic carbocycles. The van der Waals surface area contributed by atoms with Crippen molar-refractivity contribution in [3.63, 3.8) is 0 Å². The number of nitrogens with one attached hydrogen (secondary N) is 8. The minimum atomic E-state index is -1.68. The molecule has 0 saturated heterocycles. The van der Waals surface area contributed by atoms with Gasteiger partial charge in [0.15, 0.2) is 0 Å². The number of carboxylic acid groups (broad SMARTS) is 2. The van der Waals surface area contributed by atoms with E-state index in [1.807, 2.05) is 0 Å². The van der Waals surface area contributed by atoms with Crippen LogP contribution in [0.1, 0.15) is 106 Å². The molecule has 70 heavy (non-hydrogen) atoms. The third-order valence-corrected chi connectivity index (χ3v) is 11.3. The van der Waals surface area contributed by atoms with Gasteiger partial charge in [0.2, 0.25) is 47.3 Å². The average molecular weight is 987 g/mol. The van der Waals surface area contributed by atoms with Crippen molar-refractivity contribution in [3.05, 3.63) is 36.0 Å². The number of hydrogen-bond acceptors (Lipinski definition) is 12. The lowest BCUT2D eigenvalue weighted by Crippen LogP contribution is -2.62. The fourth-order valence-electron chi connectivity index (χ4n) is 7.30. The minimum Gasteiger partial charge on any atom is -0.481 e. The molecule has 8 amide bonds. The SMILES string of the molecule is CC(C)C[C@H](NC(=O)[C@H](CCC(=O)O)NC(=O)[C@H](CCC(N)=O)NC(=O)[C@H](CC(C)C)NC(=O)[C@@H](N)C(C)C)C(=O)N[C@@H](Cc1c[nH]c2ccccc12)C(=O)N[C@H](C(=O)N[C@H](C(=O)O)C(C)C)[C@@H](C)O. The largest absolute Gasteiger partial charge is 0.481 e. The van der Waals surface area contributed by atoms with Gasteiger partial charge in [-0.3, -0.25) is 43.2 Å². The summed E-state index contributed by atoms with van der Waals surface area (Å²) in [7, 11) is 0. The Morgan fingerprint density at radius 1 is 0.557 bits per heavy atom. The molecular formula is C47H74N10O13. The van der Waals surface area contributed by atoms with Crippen molar-refractivity contribution in [1.82, 2.24) is 42.2 Å². The molecule has 0 bridgehead atoms. The van der Waals surface area contributed by atoms with Crippen LogP contribution >= 0.6 is 0 Å². The standard InChI is InChI=1S/C47H74N10O13/c1-22(2)18-32(43(65)54-34(20-27-21-50-29-13-11-10-12-28(27)29)44(66)57-39(26(9)58)46(68)56-38(25(7)8)47(69)70)53-41(63)31(15-17-36(60)61)51-40(62)30(14-16-35(48)59)52-42(64)33(19-23(3)4)55-45(67)37(49)24(5)6/h10-13,21-26,30-34,37-39,50,58H,14-20,49H2,1-9H3,(H2,48,59)(H,51,62)(H,52,64)(H,53,63)(H,54,65)(H,55,67)(H,56,68)(H,57,66)(H,60,61)(H,69,70)/t26-,30+,31+,32+,33+,34+,37+,38+,39+/m1/s1. The van der Waals surface area contributed by atoms with Gasteiger partial charge < -0.3 is 69.0 Å². The van der Waals surface area contributed by atoms with E-state index in [9.17, 15) is 63.3 Å². The number of aliphatic hydroxyl groups excluding tert-OH is 1.